The SMILES string of the molecule is CC(C)(OC(=O)C1CCC(O)CC1)c1ccc(Br)cc1. The molecule has 0 atom stereocenters. The molecule has 1 fully saturated rings. The van der Waals surface area contributed by atoms with Gasteiger partial charge in [0.15, 0.2) is 0 Å². The monoisotopic (exact) mass is 340 g/mol. The number of hydrogen-bond donors (Lipinski definition) is 1. The Bertz CT molecular complexity index is 459. The van der Waals surface area contributed by atoms with Crippen LogP contribution in [0.1, 0.15) is 45.1 Å². The summed E-state index contributed by atoms with van der Waals surface area (Å²) in [5, 5.41) is 9.49. The molecule has 20 heavy (non-hydrogen) atoms. The minimum atomic E-state index is -0.631. The fraction of sp³-hybridized carbons (Fsp3) is 0.562. The molecule has 1 aliphatic rings. The van der Waals surface area contributed by atoms with Gasteiger partial charge in [-0.15, -0.1) is 0 Å². The molecular formula is C16H21BrO3. The van der Waals surface area contributed by atoms with Gasteiger partial charge in [-0.05, 0) is 57.2 Å². The third-order valence-electron chi connectivity index (χ3n) is 3.93. The van der Waals surface area contributed by atoms with Crippen molar-refractivity contribution in [1.82, 2.24) is 0 Å². The molecule has 4 heteroatoms. The number of carbonyl (C=O) groups is 1. The van der Waals surface area contributed by atoms with Crippen molar-refractivity contribution in [2.45, 2.75) is 51.2 Å². The van der Waals surface area contributed by atoms with Gasteiger partial charge in [-0.1, -0.05) is 28.1 Å². The quantitative estimate of drug-likeness (QED) is 0.851. The van der Waals surface area contributed by atoms with Crippen molar-refractivity contribution >= 4 is 21.9 Å². The van der Waals surface area contributed by atoms with Crippen molar-refractivity contribution in [1.29, 1.82) is 0 Å². The molecule has 0 heterocycles. The van der Waals surface area contributed by atoms with Crippen molar-refractivity contribution in [2.24, 2.45) is 5.92 Å². The summed E-state index contributed by atoms with van der Waals surface area (Å²) >= 11 is 3.40. The third-order valence-corrected chi connectivity index (χ3v) is 4.45. The standard InChI is InChI=1S/C16H21BrO3/c1-16(2,12-5-7-13(17)8-6-12)20-15(19)11-3-9-14(18)10-4-11/h5-8,11,14,18H,3-4,9-10H2,1-2H3. The average Bonchev–Trinajstić information content (AvgIpc) is 2.39. The molecule has 0 aliphatic heterocycles. The van der Waals surface area contributed by atoms with Crippen molar-refractivity contribution < 1.29 is 14.6 Å². The molecule has 0 spiro atoms. The largest absolute Gasteiger partial charge is 0.455 e. The smallest absolute Gasteiger partial charge is 0.309 e. The second-order valence-electron chi connectivity index (χ2n) is 5.94. The maximum Gasteiger partial charge on any atom is 0.309 e. The highest BCUT2D eigenvalue weighted by Gasteiger charge is 2.32. The van der Waals surface area contributed by atoms with Gasteiger partial charge in [0.25, 0.3) is 0 Å². The van der Waals surface area contributed by atoms with E-state index in [9.17, 15) is 9.90 Å². The first kappa shape index (κ1) is 15.5. The minimum Gasteiger partial charge on any atom is -0.455 e. The first-order chi connectivity index (χ1) is 9.38. The summed E-state index contributed by atoms with van der Waals surface area (Å²) in [5.74, 6) is -0.224. The molecule has 110 valence electrons. The van der Waals surface area contributed by atoms with Crippen LogP contribution in [0.2, 0.25) is 0 Å². The number of rotatable bonds is 3. The van der Waals surface area contributed by atoms with Crippen LogP contribution in [0.5, 0.6) is 0 Å². The Balaban J connectivity index is 2.00. The first-order valence-electron chi connectivity index (χ1n) is 7.05. The van der Waals surface area contributed by atoms with Gasteiger partial charge in [0, 0.05) is 4.47 Å². The predicted molar refractivity (Wildman–Crippen MR) is 81.2 cm³/mol. The molecule has 2 rings (SSSR count). The van der Waals surface area contributed by atoms with E-state index in [1.807, 2.05) is 38.1 Å². The molecule has 1 aromatic rings. The van der Waals surface area contributed by atoms with Crippen LogP contribution in [0.4, 0.5) is 0 Å². The van der Waals surface area contributed by atoms with Crippen LogP contribution in [-0.2, 0) is 15.1 Å². The summed E-state index contributed by atoms with van der Waals surface area (Å²) < 4.78 is 6.71. The summed E-state index contributed by atoms with van der Waals surface area (Å²) in [6.07, 6.45) is 2.57. The Labute approximate surface area is 128 Å². The molecule has 1 N–H and O–H groups in total. The molecule has 0 unspecified atom stereocenters. The van der Waals surface area contributed by atoms with E-state index in [1.54, 1.807) is 0 Å². The van der Waals surface area contributed by atoms with Crippen LogP contribution >= 0.6 is 15.9 Å². The number of ether oxygens (including phenoxy) is 1. The molecule has 0 saturated heterocycles. The van der Waals surface area contributed by atoms with Crippen LogP contribution in [0.15, 0.2) is 28.7 Å². The Kier molecular flexibility index (Phi) is 4.86. The lowest BCUT2D eigenvalue weighted by Gasteiger charge is -2.30. The second-order valence-corrected chi connectivity index (χ2v) is 6.86. The van der Waals surface area contributed by atoms with Crippen molar-refractivity contribution in [3.05, 3.63) is 34.3 Å². The van der Waals surface area contributed by atoms with Crippen LogP contribution in [0.25, 0.3) is 0 Å². The van der Waals surface area contributed by atoms with Crippen LogP contribution < -0.4 is 0 Å². The van der Waals surface area contributed by atoms with E-state index in [2.05, 4.69) is 15.9 Å². The topological polar surface area (TPSA) is 46.5 Å². The number of benzene rings is 1. The highest BCUT2D eigenvalue weighted by atomic mass is 79.9. The molecule has 0 bridgehead atoms. The zero-order chi connectivity index (χ0) is 14.8. The van der Waals surface area contributed by atoms with E-state index in [-0.39, 0.29) is 18.0 Å². The normalized spacial score (nSPS) is 23.4. The van der Waals surface area contributed by atoms with E-state index >= 15 is 0 Å². The fourth-order valence-electron chi connectivity index (χ4n) is 2.56. The number of esters is 1. The average molecular weight is 341 g/mol. The zero-order valence-corrected chi connectivity index (χ0v) is 13.5. The van der Waals surface area contributed by atoms with E-state index < -0.39 is 5.60 Å². The Morgan fingerprint density at radius 2 is 1.75 bits per heavy atom. The summed E-state index contributed by atoms with van der Waals surface area (Å²) in [5.41, 5.74) is 0.346. The van der Waals surface area contributed by atoms with E-state index in [0.717, 1.165) is 22.9 Å². The highest BCUT2D eigenvalue weighted by molar-refractivity contribution is 9.10. The predicted octanol–water partition coefficient (Wildman–Crippen LogP) is 3.78. The minimum absolute atomic E-state index is 0.0758. The summed E-state index contributed by atoms with van der Waals surface area (Å²) in [4.78, 5) is 12.2. The van der Waals surface area contributed by atoms with Crippen LogP contribution in [0, 0.1) is 5.92 Å². The van der Waals surface area contributed by atoms with Gasteiger partial charge in [0.1, 0.15) is 5.60 Å². The van der Waals surface area contributed by atoms with Gasteiger partial charge < -0.3 is 9.84 Å². The summed E-state index contributed by atoms with van der Waals surface area (Å²) in [7, 11) is 0. The lowest BCUT2D eigenvalue weighted by atomic mass is 9.87. The molecule has 0 radical (unpaired) electrons. The molecule has 1 aliphatic carbocycles. The zero-order valence-electron chi connectivity index (χ0n) is 11.9. The number of hydrogen-bond acceptors (Lipinski definition) is 3. The summed E-state index contributed by atoms with van der Waals surface area (Å²) in [6, 6.07) is 7.81. The molecule has 0 aromatic heterocycles. The molecule has 0 amide bonds. The third kappa shape index (κ3) is 3.83. The first-order valence-corrected chi connectivity index (χ1v) is 7.85. The van der Waals surface area contributed by atoms with Gasteiger partial charge in [0.2, 0.25) is 0 Å². The molecule has 3 nitrogen and oxygen atoms in total. The molecule has 1 aromatic carbocycles. The van der Waals surface area contributed by atoms with Crippen LogP contribution in [0.3, 0.4) is 0 Å². The number of aliphatic hydroxyl groups excluding tert-OH is 1. The van der Waals surface area contributed by atoms with Gasteiger partial charge in [-0.25, -0.2) is 0 Å². The van der Waals surface area contributed by atoms with Gasteiger partial charge in [-0.2, -0.15) is 0 Å². The fourth-order valence-corrected chi connectivity index (χ4v) is 2.82. The lowest BCUT2D eigenvalue weighted by Crippen LogP contribution is -2.32. The van der Waals surface area contributed by atoms with Crippen molar-refractivity contribution in [3.8, 4) is 0 Å². The summed E-state index contributed by atoms with van der Waals surface area (Å²) in [6.45, 7) is 3.82. The van der Waals surface area contributed by atoms with Crippen molar-refractivity contribution in [2.75, 3.05) is 0 Å². The van der Waals surface area contributed by atoms with Gasteiger partial charge in [-0.3, -0.25) is 4.79 Å². The van der Waals surface area contributed by atoms with E-state index in [0.29, 0.717) is 12.8 Å². The maximum absolute atomic E-state index is 12.2. The number of aliphatic hydroxyl groups is 1. The number of carbonyl (C=O) groups excluding carboxylic acids is 1. The van der Waals surface area contributed by atoms with Crippen LogP contribution in [-0.4, -0.2) is 17.2 Å². The Hall–Kier alpha value is -0.870. The second kappa shape index (κ2) is 6.27. The van der Waals surface area contributed by atoms with E-state index in [4.69, 9.17) is 4.74 Å². The van der Waals surface area contributed by atoms with Gasteiger partial charge in [0.05, 0.1) is 12.0 Å². The Morgan fingerprint density at radius 3 is 2.30 bits per heavy atom. The molecule has 1 saturated carbocycles. The lowest BCUT2D eigenvalue weighted by molar-refractivity contribution is -0.164. The Morgan fingerprint density at radius 1 is 1.20 bits per heavy atom. The highest BCUT2D eigenvalue weighted by Crippen LogP contribution is 2.31. The van der Waals surface area contributed by atoms with Crippen molar-refractivity contribution in [3.63, 3.8) is 0 Å². The number of halogens is 1. The maximum atomic E-state index is 12.2. The van der Waals surface area contributed by atoms with Gasteiger partial charge >= 0.3 is 5.97 Å². The van der Waals surface area contributed by atoms with E-state index in [1.165, 1.54) is 0 Å². The molecular weight excluding hydrogens is 320 g/mol.